The van der Waals surface area contributed by atoms with Crippen LogP contribution in [0.2, 0.25) is 5.02 Å². The topological polar surface area (TPSA) is 26.3 Å². The van der Waals surface area contributed by atoms with Crippen molar-refractivity contribution in [3.63, 3.8) is 0 Å². The summed E-state index contributed by atoms with van der Waals surface area (Å²) in [5.41, 5.74) is 0.978. The number of carbonyl (C=O) groups excluding carboxylic acids is 1. The average Bonchev–Trinajstić information content (AvgIpc) is 2.42. The van der Waals surface area contributed by atoms with Gasteiger partial charge in [0.1, 0.15) is 11.9 Å². The van der Waals surface area contributed by atoms with Crippen LogP contribution in [-0.2, 0) is 15.1 Å². The zero-order chi connectivity index (χ0) is 13.9. The van der Waals surface area contributed by atoms with E-state index < -0.39 is 5.60 Å². The first kappa shape index (κ1) is 14.5. The maximum atomic E-state index is 10.8. The van der Waals surface area contributed by atoms with Crippen molar-refractivity contribution in [2.24, 2.45) is 0 Å². The highest BCUT2D eigenvalue weighted by Crippen LogP contribution is 2.40. The third-order valence-electron chi connectivity index (χ3n) is 3.11. The monoisotopic (exact) mass is 340 g/mol. The molecule has 0 fully saturated rings. The lowest BCUT2D eigenvalue weighted by Gasteiger charge is -2.33. The van der Waals surface area contributed by atoms with Crippen molar-refractivity contribution >= 4 is 33.8 Å². The van der Waals surface area contributed by atoms with E-state index in [1.54, 1.807) is 6.08 Å². The highest BCUT2D eigenvalue weighted by Gasteiger charge is 2.33. The molecule has 0 bridgehead atoms. The number of carbonyl (C=O) groups is 1. The van der Waals surface area contributed by atoms with Crippen LogP contribution < -0.4 is 0 Å². The van der Waals surface area contributed by atoms with E-state index in [1.165, 1.54) is 0 Å². The molecule has 0 aromatic heterocycles. The Balaban J connectivity index is 2.47. The fraction of sp³-hybridized carbons (Fsp3) is 0.267. The van der Waals surface area contributed by atoms with Gasteiger partial charge in [-0.2, -0.15) is 0 Å². The Bertz CT molecular complexity index is 551. The van der Waals surface area contributed by atoms with Gasteiger partial charge in [-0.05, 0) is 31.2 Å². The summed E-state index contributed by atoms with van der Waals surface area (Å²) < 4.78 is 6.88. The molecule has 0 aliphatic heterocycles. The molecule has 2 nitrogen and oxygen atoms in total. The van der Waals surface area contributed by atoms with E-state index >= 15 is 0 Å². The Labute approximate surface area is 126 Å². The van der Waals surface area contributed by atoms with E-state index in [0.717, 1.165) is 16.3 Å². The Morgan fingerprint density at radius 2 is 2.32 bits per heavy atom. The molecule has 0 spiro atoms. The average molecular weight is 342 g/mol. The lowest BCUT2D eigenvalue weighted by molar-refractivity contribution is -0.104. The van der Waals surface area contributed by atoms with Gasteiger partial charge in [0.25, 0.3) is 0 Å². The second-order valence-electron chi connectivity index (χ2n) is 4.31. The predicted molar refractivity (Wildman–Crippen MR) is 80.4 cm³/mol. The van der Waals surface area contributed by atoms with Crippen LogP contribution in [0.4, 0.5) is 0 Å². The SMILES string of the molecule is CCOC1(c2cc(Br)ccc2Cl)C=CC(C=O)=CC1. The van der Waals surface area contributed by atoms with Crippen molar-refractivity contribution < 1.29 is 9.53 Å². The standard InChI is InChI=1S/C15H14BrClO2/c1-2-19-15(7-5-11(10-18)6-8-15)13-9-12(16)3-4-14(13)17/h3-7,9-10H,2,8H2,1H3. The second-order valence-corrected chi connectivity index (χ2v) is 5.63. The van der Waals surface area contributed by atoms with Crippen LogP contribution >= 0.6 is 27.5 Å². The number of rotatable bonds is 4. The van der Waals surface area contributed by atoms with Gasteiger partial charge in [0.15, 0.2) is 0 Å². The first-order chi connectivity index (χ1) is 9.11. The first-order valence-corrected chi connectivity index (χ1v) is 7.22. The number of ether oxygens (including phenoxy) is 1. The number of aldehydes is 1. The van der Waals surface area contributed by atoms with E-state index in [4.69, 9.17) is 16.3 Å². The largest absolute Gasteiger partial charge is 0.366 e. The van der Waals surface area contributed by atoms with Crippen molar-refractivity contribution in [1.29, 1.82) is 0 Å². The molecular weight excluding hydrogens is 328 g/mol. The quantitative estimate of drug-likeness (QED) is 0.758. The van der Waals surface area contributed by atoms with Crippen LogP contribution in [0.15, 0.2) is 46.5 Å². The van der Waals surface area contributed by atoms with Crippen molar-refractivity contribution in [1.82, 2.24) is 0 Å². The summed E-state index contributed by atoms with van der Waals surface area (Å²) in [7, 11) is 0. The molecule has 1 aliphatic rings. The molecule has 0 saturated carbocycles. The Hall–Kier alpha value is -0.900. The molecule has 2 rings (SSSR count). The van der Waals surface area contributed by atoms with Crippen LogP contribution in [0.1, 0.15) is 18.9 Å². The zero-order valence-electron chi connectivity index (χ0n) is 10.5. The smallest absolute Gasteiger partial charge is 0.149 e. The van der Waals surface area contributed by atoms with Gasteiger partial charge >= 0.3 is 0 Å². The van der Waals surface area contributed by atoms with E-state index in [-0.39, 0.29) is 0 Å². The van der Waals surface area contributed by atoms with Gasteiger partial charge in [-0.15, -0.1) is 0 Å². The van der Waals surface area contributed by atoms with Crippen molar-refractivity contribution in [2.75, 3.05) is 6.61 Å². The van der Waals surface area contributed by atoms with Crippen LogP contribution in [-0.4, -0.2) is 12.9 Å². The summed E-state index contributed by atoms with van der Waals surface area (Å²) in [6.07, 6.45) is 7.01. The Morgan fingerprint density at radius 1 is 1.53 bits per heavy atom. The van der Waals surface area contributed by atoms with Gasteiger partial charge in [0, 0.05) is 33.7 Å². The van der Waals surface area contributed by atoms with Crippen LogP contribution in [0.25, 0.3) is 0 Å². The lowest BCUT2D eigenvalue weighted by atomic mass is 9.85. The highest BCUT2D eigenvalue weighted by molar-refractivity contribution is 9.10. The minimum Gasteiger partial charge on any atom is -0.366 e. The number of allylic oxidation sites excluding steroid dienone is 2. The highest BCUT2D eigenvalue weighted by atomic mass is 79.9. The number of benzene rings is 1. The summed E-state index contributed by atoms with van der Waals surface area (Å²) in [5, 5.41) is 0.657. The van der Waals surface area contributed by atoms with E-state index in [1.807, 2.05) is 37.3 Å². The minimum absolute atomic E-state index is 0.567. The van der Waals surface area contributed by atoms with E-state index in [0.29, 0.717) is 23.6 Å². The molecule has 0 heterocycles. The number of hydrogen-bond donors (Lipinski definition) is 0. The van der Waals surface area contributed by atoms with Gasteiger partial charge in [0.05, 0.1) is 0 Å². The molecule has 0 saturated heterocycles. The van der Waals surface area contributed by atoms with Crippen molar-refractivity contribution in [3.05, 3.63) is 57.1 Å². The third-order valence-corrected chi connectivity index (χ3v) is 3.93. The number of halogens is 2. The number of hydrogen-bond acceptors (Lipinski definition) is 2. The summed E-state index contributed by atoms with van der Waals surface area (Å²) >= 11 is 9.75. The van der Waals surface area contributed by atoms with Gasteiger partial charge in [0.2, 0.25) is 0 Å². The molecule has 100 valence electrons. The Kier molecular flexibility index (Phi) is 4.61. The lowest BCUT2D eigenvalue weighted by Crippen LogP contribution is -2.29. The molecule has 0 radical (unpaired) electrons. The van der Waals surface area contributed by atoms with E-state index in [9.17, 15) is 4.79 Å². The molecule has 1 unspecified atom stereocenters. The van der Waals surface area contributed by atoms with Crippen LogP contribution in [0.3, 0.4) is 0 Å². The third kappa shape index (κ3) is 2.99. The minimum atomic E-state index is -0.595. The second kappa shape index (κ2) is 6.04. The summed E-state index contributed by atoms with van der Waals surface area (Å²) in [5.74, 6) is 0. The van der Waals surface area contributed by atoms with Crippen LogP contribution in [0.5, 0.6) is 0 Å². The fourth-order valence-electron chi connectivity index (χ4n) is 2.19. The molecule has 1 aromatic carbocycles. The normalized spacial score (nSPS) is 22.2. The molecule has 0 N–H and O–H groups in total. The Morgan fingerprint density at radius 3 is 2.89 bits per heavy atom. The molecule has 1 atom stereocenters. The maximum absolute atomic E-state index is 10.8. The molecular formula is C15H14BrClO2. The van der Waals surface area contributed by atoms with Gasteiger partial charge in [-0.25, -0.2) is 0 Å². The fourth-order valence-corrected chi connectivity index (χ4v) is 2.83. The zero-order valence-corrected chi connectivity index (χ0v) is 12.9. The summed E-state index contributed by atoms with van der Waals surface area (Å²) in [4.78, 5) is 10.8. The van der Waals surface area contributed by atoms with Crippen molar-refractivity contribution in [2.45, 2.75) is 18.9 Å². The van der Waals surface area contributed by atoms with Gasteiger partial charge in [-0.1, -0.05) is 39.7 Å². The van der Waals surface area contributed by atoms with Crippen LogP contribution in [0, 0.1) is 0 Å². The first-order valence-electron chi connectivity index (χ1n) is 6.05. The van der Waals surface area contributed by atoms with Gasteiger partial charge in [-0.3, -0.25) is 4.79 Å². The molecule has 0 amide bonds. The molecule has 19 heavy (non-hydrogen) atoms. The summed E-state index contributed by atoms with van der Waals surface area (Å²) in [6, 6.07) is 5.70. The molecule has 1 aromatic rings. The summed E-state index contributed by atoms with van der Waals surface area (Å²) in [6.45, 7) is 2.51. The van der Waals surface area contributed by atoms with E-state index in [2.05, 4.69) is 15.9 Å². The molecule has 1 aliphatic carbocycles. The predicted octanol–water partition coefficient (Wildman–Crippen LogP) is 4.42. The molecule has 4 heteroatoms. The maximum Gasteiger partial charge on any atom is 0.149 e. The van der Waals surface area contributed by atoms with Gasteiger partial charge < -0.3 is 4.74 Å². The van der Waals surface area contributed by atoms with Crippen molar-refractivity contribution in [3.8, 4) is 0 Å².